The molecule has 0 spiro atoms. The molecule has 0 radical (unpaired) electrons. The normalized spacial score (nSPS) is 19.2. The molecule has 0 aromatic heterocycles. The molecule has 1 heterocycles. The van der Waals surface area contributed by atoms with Crippen LogP contribution in [-0.2, 0) is 9.53 Å². The van der Waals surface area contributed by atoms with Crippen LogP contribution in [0.3, 0.4) is 0 Å². The highest BCUT2D eigenvalue weighted by atomic mass is 32.2. The van der Waals surface area contributed by atoms with Crippen molar-refractivity contribution >= 4 is 29.3 Å². The van der Waals surface area contributed by atoms with Crippen molar-refractivity contribution in [3.05, 3.63) is 54.1 Å². The van der Waals surface area contributed by atoms with Gasteiger partial charge in [0, 0.05) is 17.4 Å². The first-order valence-electron chi connectivity index (χ1n) is 7.68. The van der Waals surface area contributed by atoms with E-state index in [4.69, 9.17) is 9.47 Å². The average molecular weight is 358 g/mol. The summed E-state index contributed by atoms with van der Waals surface area (Å²) in [6.07, 6.45) is -0.795. The number of ether oxygens (including phenoxy) is 2. The van der Waals surface area contributed by atoms with Gasteiger partial charge in [0.2, 0.25) is 0 Å². The second-order valence-corrected chi connectivity index (χ2v) is 6.57. The SMILES string of the molecule is COc1ccccc1C1Sc2ccccc2N=C(NO)C1OC(C)=O. The Morgan fingerprint density at radius 1 is 1.20 bits per heavy atom. The van der Waals surface area contributed by atoms with Crippen molar-refractivity contribution in [2.45, 2.75) is 23.2 Å². The molecule has 0 aliphatic carbocycles. The molecule has 2 N–H and O–H groups in total. The van der Waals surface area contributed by atoms with Gasteiger partial charge in [0.15, 0.2) is 11.9 Å². The number of benzene rings is 2. The molecule has 2 aromatic carbocycles. The Hall–Kier alpha value is -2.51. The van der Waals surface area contributed by atoms with E-state index in [1.165, 1.54) is 18.7 Å². The summed E-state index contributed by atoms with van der Waals surface area (Å²) in [6.45, 7) is 1.33. The number of thioether (sulfide) groups is 1. The first kappa shape index (κ1) is 17.3. The molecule has 0 fully saturated rings. The zero-order valence-corrected chi connectivity index (χ0v) is 14.6. The van der Waals surface area contributed by atoms with Crippen LogP contribution in [0.5, 0.6) is 5.75 Å². The number of esters is 1. The van der Waals surface area contributed by atoms with E-state index in [1.54, 1.807) is 7.11 Å². The van der Waals surface area contributed by atoms with E-state index in [9.17, 15) is 10.0 Å². The van der Waals surface area contributed by atoms with E-state index in [1.807, 2.05) is 48.5 Å². The maximum Gasteiger partial charge on any atom is 0.303 e. The van der Waals surface area contributed by atoms with Crippen molar-refractivity contribution in [2.24, 2.45) is 4.99 Å². The molecule has 130 valence electrons. The van der Waals surface area contributed by atoms with Crippen LogP contribution in [0.15, 0.2) is 58.4 Å². The van der Waals surface area contributed by atoms with Crippen LogP contribution in [0, 0.1) is 0 Å². The molecular weight excluding hydrogens is 340 g/mol. The van der Waals surface area contributed by atoms with Gasteiger partial charge in [-0.2, -0.15) is 0 Å². The second kappa shape index (κ2) is 7.58. The minimum absolute atomic E-state index is 0.170. The van der Waals surface area contributed by atoms with Crippen LogP contribution in [0.25, 0.3) is 0 Å². The molecule has 3 rings (SSSR count). The monoisotopic (exact) mass is 358 g/mol. The third kappa shape index (κ3) is 3.62. The Labute approximate surface area is 149 Å². The van der Waals surface area contributed by atoms with E-state index in [-0.39, 0.29) is 11.1 Å². The zero-order chi connectivity index (χ0) is 17.8. The summed E-state index contributed by atoms with van der Waals surface area (Å²) < 4.78 is 11.0. The second-order valence-electron chi connectivity index (χ2n) is 5.39. The van der Waals surface area contributed by atoms with Crippen LogP contribution in [0.4, 0.5) is 5.69 Å². The fourth-order valence-electron chi connectivity index (χ4n) is 2.70. The van der Waals surface area contributed by atoms with Gasteiger partial charge in [-0.25, -0.2) is 4.99 Å². The highest BCUT2D eigenvalue weighted by molar-refractivity contribution is 7.99. The third-order valence-corrected chi connectivity index (χ3v) is 5.11. The van der Waals surface area contributed by atoms with Gasteiger partial charge in [0.1, 0.15) is 5.75 Å². The maximum atomic E-state index is 11.7. The molecule has 0 saturated heterocycles. The first-order chi connectivity index (χ1) is 12.1. The molecule has 2 atom stereocenters. The Balaban J connectivity index is 2.15. The number of amidine groups is 1. The van der Waals surface area contributed by atoms with E-state index in [0.29, 0.717) is 11.4 Å². The van der Waals surface area contributed by atoms with E-state index in [2.05, 4.69) is 10.5 Å². The lowest BCUT2D eigenvalue weighted by molar-refractivity contribution is -0.143. The number of nitrogens with one attached hydrogen (secondary N) is 1. The number of methoxy groups -OCH3 is 1. The van der Waals surface area contributed by atoms with E-state index in [0.717, 1.165) is 10.5 Å². The lowest BCUT2D eigenvalue weighted by Gasteiger charge is -2.26. The molecule has 2 unspecified atom stereocenters. The number of nitrogens with zero attached hydrogens (tertiary/aromatic N) is 1. The molecule has 1 aliphatic heterocycles. The number of hydrogen-bond acceptors (Lipinski definition) is 7. The van der Waals surface area contributed by atoms with Crippen molar-refractivity contribution in [1.29, 1.82) is 0 Å². The van der Waals surface area contributed by atoms with Gasteiger partial charge in [-0.15, -0.1) is 11.8 Å². The van der Waals surface area contributed by atoms with Crippen LogP contribution in [0.1, 0.15) is 17.7 Å². The number of fused-ring (bicyclic) bond motifs is 1. The topological polar surface area (TPSA) is 80.2 Å². The lowest BCUT2D eigenvalue weighted by Crippen LogP contribution is -2.38. The maximum absolute atomic E-state index is 11.7. The summed E-state index contributed by atoms with van der Waals surface area (Å²) in [6, 6.07) is 15.1. The lowest BCUT2D eigenvalue weighted by atomic mass is 10.0. The zero-order valence-electron chi connectivity index (χ0n) is 13.8. The summed E-state index contributed by atoms with van der Waals surface area (Å²) in [5, 5.41) is 9.26. The number of hydroxylamine groups is 1. The van der Waals surface area contributed by atoms with Crippen LogP contribution < -0.4 is 10.2 Å². The number of rotatable bonds is 3. The molecular formula is C18H18N2O4S. The minimum atomic E-state index is -0.795. The van der Waals surface area contributed by atoms with Gasteiger partial charge in [-0.3, -0.25) is 15.5 Å². The summed E-state index contributed by atoms with van der Waals surface area (Å²) in [7, 11) is 1.59. The van der Waals surface area contributed by atoms with Gasteiger partial charge >= 0.3 is 5.97 Å². The highest BCUT2D eigenvalue weighted by Crippen LogP contribution is 2.47. The van der Waals surface area contributed by atoms with Crippen molar-refractivity contribution in [2.75, 3.05) is 7.11 Å². The van der Waals surface area contributed by atoms with Gasteiger partial charge < -0.3 is 9.47 Å². The fourth-order valence-corrected chi connectivity index (χ4v) is 3.99. The minimum Gasteiger partial charge on any atom is -0.496 e. The van der Waals surface area contributed by atoms with Gasteiger partial charge in [-0.1, -0.05) is 30.3 Å². The quantitative estimate of drug-likeness (QED) is 0.646. The summed E-state index contributed by atoms with van der Waals surface area (Å²) in [5.41, 5.74) is 3.64. The molecule has 25 heavy (non-hydrogen) atoms. The Bertz CT molecular complexity index is 809. The molecule has 7 heteroatoms. The number of aliphatic imine (C=N–C) groups is 1. The molecule has 0 saturated carbocycles. The largest absolute Gasteiger partial charge is 0.496 e. The van der Waals surface area contributed by atoms with Gasteiger partial charge in [-0.05, 0) is 18.2 Å². The van der Waals surface area contributed by atoms with Gasteiger partial charge in [0.05, 0.1) is 18.0 Å². The molecule has 6 nitrogen and oxygen atoms in total. The smallest absolute Gasteiger partial charge is 0.303 e. The Morgan fingerprint density at radius 3 is 2.64 bits per heavy atom. The van der Waals surface area contributed by atoms with Crippen LogP contribution in [-0.4, -0.2) is 30.2 Å². The molecule has 1 aliphatic rings. The summed E-state index contributed by atoms with van der Waals surface area (Å²) in [5.74, 6) is 0.386. The standard InChI is InChI=1S/C18H18N2O4S/c1-11(21)24-16-17(12-7-3-5-9-14(12)23-2)25-15-10-6-4-8-13(15)19-18(16)20-22/h3-10,16-17,22H,1-2H3,(H,19,20). The Morgan fingerprint density at radius 2 is 1.92 bits per heavy atom. The van der Waals surface area contributed by atoms with E-state index < -0.39 is 12.1 Å². The van der Waals surface area contributed by atoms with Crippen molar-refractivity contribution < 1.29 is 19.5 Å². The predicted molar refractivity (Wildman–Crippen MR) is 95.6 cm³/mol. The highest BCUT2D eigenvalue weighted by Gasteiger charge is 2.36. The average Bonchev–Trinajstić information content (AvgIpc) is 2.78. The number of carbonyl (C=O) groups excluding carboxylic acids is 1. The van der Waals surface area contributed by atoms with E-state index >= 15 is 0 Å². The van der Waals surface area contributed by atoms with Gasteiger partial charge in [0.25, 0.3) is 0 Å². The molecule has 0 amide bonds. The third-order valence-electron chi connectivity index (χ3n) is 3.76. The van der Waals surface area contributed by atoms with Crippen molar-refractivity contribution in [1.82, 2.24) is 5.48 Å². The van der Waals surface area contributed by atoms with Crippen LogP contribution in [0.2, 0.25) is 0 Å². The predicted octanol–water partition coefficient (Wildman–Crippen LogP) is 3.48. The number of carbonyl (C=O) groups is 1. The number of para-hydroxylation sites is 2. The summed E-state index contributed by atoms with van der Waals surface area (Å²) >= 11 is 1.51. The van der Waals surface area contributed by atoms with Crippen molar-refractivity contribution in [3.8, 4) is 5.75 Å². The molecule has 2 aromatic rings. The van der Waals surface area contributed by atoms with Crippen LogP contribution >= 0.6 is 11.8 Å². The van der Waals surface area contributed by atoms with Crippen molar-refractivity contribution in [3.63, 3.8) is 0 Å². The summed E-state index contributed by atoms with van der Waals surface area (Å²) in [4.78, 5) is 17.0. The molecule has 0 bridgehead atoms. The Kier molecular flexibility index (Phi) is 5.25. The fraction of sp³-hybridized carbons (Fsp3) is 0.222. The first-order valence-corrected chi connectivity index (χ1v) is 8.56. The number of hydrogen-bond donors (Lipinski definition) is 2.